The van der Waals surface area contributed by atoms with Crippen LogP contribution in [0.4, 0.5) is 0 Å². The highest BCUT2D eigenvalue weighted by molar-refractivity contribution is 9.10. The topological polar surface area (TPSA) is 25.2 Å². The second-order valence-corrected chi connectivity index (χ2v) is 6.66. The summed E-state index contributed by atoms with van der Waals surface area (Å²) in [5.74, 6) is 0.177. The molecule has 2 rings (SSSR count). The highest BCUT2D eigenvalue weighted by Gasteiger charge is 2.35. The van der Waals surface area contributed by atoms with Crippen LogP contribution in [0, 0.1) is 0 Å². The monoisotopic (exact) mass is 326 g/mol. The molecule has 0 saturated carbocycles. The van der Waals surface area contributed by atoms with E-state index in [-0.39, 0.29) is 5.91 Å². The van der Waals surface area contributed by atoms with Gasteiger partial charge >= 0.3 is 0 Å². The normalized spacial score (nSPS) is 23.4. The van der Waals surface area contributed by atoms with E-state index in [4.69, 9.17) is 0 Å². The summed E-state index contributed by atoms with van der Waals surface area (Å²) in [4.78, 5) is 14.9. The van der Waals surface area contributed by atoms with Crippen molar-refractivity contribution in [3.05, 3.63) is 22.4 Å². The SMILES string of the molecule is CCC1CCC(C)N1C(=O)c1cc(Br)cn1C(C)C. The van der Waals surface area contributed by atoms with Gasteiger partial charge in [0.25, 0.3) is 5.91 Å². The first kappa shape index (κ1) is 14.6. The van der Waals surface area contributed by atoms with E-state index in [9.17, 15) is 4.79 Å². The maximum Gasteiger partial charge on any atom is 0.271 e. The summed E-state index contributed by atoms with van der Waals surface area (Å²) in [6.45, 7) is 8.54. The van der Waals surface area contributed by atoms with Gasteiger partial charge in [-0.3, -0.25) is 4.79 Å². The van der Waals surface area contributed by atoms with Gasteiger partial charge in [-0.2, -0.15) is 0 Å². The lowest BCUT2D eigenvalue weighted by Crippen LogP contribution is -2.40. The van der Waals surface area contributed by atoms with Gasteiger partial charge in [-0.25, -0.2) is 0 Å². The summed E-state index contributed by atoms with van der Waals surface area (Å²) >= 11 is 3.48. The van der Waals surface area contributed by atoms with Crippen LogP contribution in [0.15, 0.2) is 16.7 Å². The number of amides is 1. The van der Waals surface area contributed by atoms with Crippen LogP contribution < -0.4 is 0 Å². The van der Waals surface area contributed by atoms with Crippen molar-refractivity contribution in [2.45, 2.75) is 65.1 Å². The second kappa shape index (κ2) is 5.70. The number of likely N-dealkylation sites (tertiary alicyclic amines) is 1. The lowest BCUT2D eigenvalue weighted by molar-refractivity contribution is 0.0663. The molecule has 0 spiro atoms. The maximum absolute atomic E-state index is 12.8. The molecule has 0 radical (unpaired) electrons. The predicted octanol–water partition coefficient (Wildman–Crippen LogP) is 4.23. The van der Waals surface area contributed by atoms with E-state index < -0.39 is 0 Å². The lowest BCUT2D eigenvalue weighted by Gasteiger charge is -2.28. The molecular weight excluding hydrogens is 304 g/mol. The Kier molecular flexibility index (Phi) is 4.39. The molecular formula is C15H23BrN2O. The number of rotatable bonds is 3. The Morgan fingerprint density at radius 1 is 1.47 bits per heavy atom. The second-order valence-electron chi connectivity index (χ2n) is 5.75. The van der Waals surface area contributed by atoms with Crippen LogP contribution in [0.5, 0.6) is 0 Å². The van der Waals surface area contributed by atoms with Gasteiger partial charge < -0.3 is 9.47 Å². The molecule has 4 heteroatoms. The van der Waals surface area contributed by atoms with Gasteiger partial charge in [-0.1, -0.05) is 6.92 Å². The molecule has 1 amide bonds. The molecule has 3 nitrogen and oxygen atoms in total. The smallest absolute Gasteiger partial charge is 0.271 e. The zero-order valence-electron chi connectivity index (χ0n) is 12.2. The van der Waals surface area contributed by atoms with Crippen LogP contribution in [0.25, 0.3) is 0 Å². The van der Waals surface area contributed by atoms with Gasteiger partial charge in [0.1, 0.15) is 5.69 Å². The van der Waals surface area contributed by atoms with Crippen LogP contribution in [0.2, 0.25) is 0 Å². The van der Waals surface area contributed by atoms with Crippen LogP contribution in [0.3, 0.4) is 0 Å². The average molecular weight is 327 g/mol. The number of aromatic nitrogens is 1. The third-order valence-corrected chi connectivity index (χ3v) is 4.52. The summed E-state index contributed by atoms with van der Waals surface area (Å²) in [6.07, 6.45) is 5.29. The zero-order chi connectivity index (χ0) is 14.2. The van der Waals surface area contributed by atoms with Crippen LogP contribution in [0.1, 0.15) is 63.5 Å². The van der Waals surface area contributed by atoms with E-state index >= 15 is 0 Å². The fourth-order valence-electron chi connectivity index (χ4n) is 3.01. The van der Waals surface area contributed by atoms with E-state index in [1.807, 2.05) is 12.3 Å². The van der Waals surface area contributed by atoms with Gasteiger partial charge in [0.2, 0.25) is 0 Å². The van der Waals surface area contributed by atoms with Gasteiger partial charge in [0, 0.05) is 28.8 Å². The minimum absolute atomic E-state index is 0.177. The third-order valence-electron chi connectivity index (χ3n) is 4.08. The quantitative estimate of drug-likeness (QED) is 0.815. The molecule has 0 aromatic carbocycles. The van der Waals surface area contributed by atoms with E-state index in [0.717, 1.165) is 29.4 Å². The standard InChI is InChI=1S/C15H23BrN2O/c1-5-13-7-6-11(4)18(13)15(19)14-8-12(16)9-17(14)10(2)3/h8-11,13H,5-7H2,1-4H3. The molecule has 19 heavy (non-hydrogen) atoms. The van der Waals surface area contributed by atoms with Crippen molar-refractivity contribution < 1.29 is 4.79 Å². The fraction of sp³-hybridized carbons (Fsp3) is 0.667. The van der Waals surface area contributed by atoms with E-state index in [0.29, 0.717) is 18.1 Å². The molecule has 106 valence electrons. The predicted molar refractivity (Wildman–Crippen MR) is 81.5 cm³/mol. The number of hydrogen-bond acceptors (Lipinski definition) is 1. The minimum atomic E-state index is 0.177. The number of nitrogens with zero attached hydrogens (tertiary/aromatic N) is 2. The number of carbonyl (C=O) groups excluding carboxylic acids is 1. The Morgan fingerprint density at radius 3 is 2.74 bits per heavy atom. The highest BCUT2D eigenvalue weighted by atomic mass is 79.9. The number of halogens is 1. The molecule has 1 aromatic heterocycles. The van der Waals surface area contributed by atoms with Crippen molar-refractivity contribution in [1.82, 2.24) is 9.47 Å². The fourth-order valence-corrected chi connectivity index (χ4v) is 3.45. The molecule has 1 aromatic rings. The van der Waals surface area contributed by atoms with Crippen molar-refractivity contribution >= 4 is 21.8 Å². The molecule has 1 aliphatic heterocycles. The third kappa shape index (κ3) is 2.73. The van der Waals surface area contributed by atoms with Crippen molar-refractivity contribution in [3.8, 4) is 0 Å². The molecule has 0 bridgehead atoms. The van der Waals surface area contributed by atoms with Gasteiger partial charge in [-0.15, -0.1) is 0 Å². The van der Waals surface area contributed by atoms with Gasteiger partial charge in [-0.05, 0) is 62.0 Å². The van der Waals surface area contributed by atoms with Crippen LogP contribution in [-0.4, -0.2) is 27.5 Å². The summed E-state index contributed by atoms with van der Waals surface area (Å²) in [6, 6.07) is 2.99. The van der Waals surface area contributed by atoms with Crippen LogP contribution >= 0.6 is 15.9 Å². The molecule has 2 atom stereocenters. The minimum Gasteiger partial charge on any atom is -0.340 e. The molecule has 1 saturated heterocycles. The van der Waals surface area contributed by atoms with Gasteiger partial charge in [0.15, 0.2) is 0 Å². The number of hydrogen-bond donors (Lipinski definition) is 0. The summed E-state index contributed by atoms with van der Waals surface area (Å²) < 4.78 is 3.04. The first-order chi connectivity index (χ1) is 8.95. The van der Waals surface area contributed by atoms with E-state index in [2.05, 4.69) is 53.1 Å². The lowest BCUT2D eigenvalue weighted by atomic mass is 10.1. The van der Waals surface area contributed by atoms with E-state index in [1.165, 1.54) is 0 Å². The largest absolute Gasteiger partial charge is 0.340 e. The Balaban J connectivity index is 2.33. The van der Waals surface area contributed by atoms with Crippen molar-refractivity contribution in [2.75, 3.05) is 0 Å². The average Bonchev–Trinajstić information content (AvgIpc) is 2.91. The van der Waals surface area contributed by atoms with Crippen LogP contribution in [-0.2, 0) is 0 Å². The van der Waals surface area contributed by atoms with Gasteiger partial charge in [0.05, 0.1) is 0 Å². The molecule has 2 heterocycles. The Labute approximate surface area is 124 Å². The maximum atomic E-state index is 12.8. The first-order valence-corrected chi connectivity index (χ1v) is 7.95. The highest BCUT2D eigenvalue weighted by Crippen LogP contribution is 2.29. The molecule has 2 unspecified atom stereocenters. The Morgan fingerprint density at radius 2 is 2.16 bits per heavy atom. The van der Waals surface area contributed by atoms with E-state index in [1.54, 1.807) is 0 Å². The summed E-state index contributed by atoms with van der Waals surface area (Å²) in [5.41, 5.74) is 0.800. The van der Waals surface area contributed by atoms with Crippen molar-refractivity contribution in [2.24, 2.45) is 0 Å². The molecule has 1 fully saturated rings. The molecule has 0 N–H and O–H groups in total. The summed E-state index contributed by atoms with van der Waals surface area (Å²) in [7, 11) is 0. The Hall–Kier alpha value is -0.770. The first-order valence-electron chi connectivity index (χ1n) is 7.15. The zero-order valence-corrected chi connectivity index (χ0v) is 13.8. The molecule has 0 aliphatic carbocycles. The van der Waals surface area contributed by atoms with Crippen molar-refractivity contribution in [1.29, 1.82) is 0 Å². The molecule has 1 aliphatic rings. The number of carbonyl (C=O) groups is 1. The van der Waals surface area contributed by atoms with Crippen molar-refractivity contribution in [3.63, 3.8) is 0 Å². The Bertz CT molecular complexity index is 467. The summed E-state index contributed by atoms with van der Waals surface area (Å²) in [5, 5.41) is 0.